The molecule has 14 atom stereocenters. The topological polar surface area (TPSA) is 181 Å². The Bertz CT molecular complexity index is 1510. The molecule has 0 bridgehead atoms. The Morgan fingerprint density at radius 1 is 0.944 bits per heavy atom. The Hall–Kier alpha value is -3.01. The Morgan fingerprint density at radius 3 is 2.44 bits per heavy atom. The van der Waals surface area contributed by atoms with Crippen LogP contribution >= 0.6 is 0 Å². The molecular formula is C40H58N4O10. The van der Waals surface area contributed by atoms with Gasteiger partial charge < -0.3 is 39.2 Å². The highest BCUT2D eigenvalue weighted by Gasteiger charge is 2.53. The molecule has 9 unspecified atom stereocenters. The maximum atomic E-state index is 14.6. The summed E-state index contributed by atoms with van der Waals surface area (Å²) in [5, 5.41) is 31.1. The van der Waals surface area contributed by atoms with E-state index in [1.807, 2.05) is 13.8 Å². The van der Waals surface area contributed by atoms with E-state index in [1.165, 1.54) is 0 Å². The summed E-state index contributed by atoms with van der Waals surface area (Å²) in [6.07, 6.45) is 4.71. The zero-order valence-electron chi connectivity index (χ0n) is 31.8. The summed E-state index contributed by atoms with van der Waals surface area (Å²) in [4.78, 5) is 54.3. The minimum absolute atomic E-state index is 0.0632. The zero-order valence-corrected chi connectivity index (χ0v) is 31.8. The number of esters is 2. The van der Waals surface area contributed by atoms with Gasteiger partial charge in [-0.25, -0.2) is 9.97 Å². The van der Waals surface area contributed by atoms with Crippen molar-refractivity contribution < 1.29 is 48.7 Å². The lowest BCUT2D eigenvalue weighted by atomic mass is 9.66. The number of nitrogens with zero attached hydrogens (tertiary/aromatic N) is 4. The molecule has 7 rings (SSSR count). The molecule has 14 nitrogen and oxygen atoms in total. The van der Waals surface area contributed by atoms with Crippen molar-refractivity contribution in [2.45, 2.75) is 128 Å². The molecule has 54 heavy (non-hydrogen) atoms. The average Bonchev–Trinajstić information content (AvgIpc) is 3.75. The molecule has 2 saturated carbocycles. The molecule has 5 fully saturated rings. The number of aliphatic hydroxyl groups excluding tert-OH is 3. The highest BCUT2D eigenvalue weighted by molar-refractivity contribution is 5.99. The van der Waals surface area contributed by atoms with Crippen LogP contribution < -0.4 is 4.90 Å². The molecule has 0 aromatic carbocycles. The SMILES string of the molecule is CCC1CCCC(OC(=O)CN2CCN(c3ncccn3)CC2)C(C)C(=O)C2=CC3C4CC(O[C@@H]5O[C@@H](C)[C@H](O)[C@@H](O)[C@H]5O)CC4CCC3C2CC(=O)O1. The summed E-state index contributed by atoms with van der Waals surface area (Å²) < 4.78 is 24.2. The lowest BCUT2D eigenvalue weighted by Crippen LogP contribution is -2.57. The van der Waals surface area contributed by atoms with Crippen LogP contribution in [0.5, 0.6) is 0 Å². The molecule has 0 radical (unpaired) electrons. The second-order valence-electron chi connectivity index (χ2n) is 16.5. The van der Waals surface area contributed by atoms with E-state index in [0.717, 1.165) is 19.3 Å². The monoisotopic (exact) mass is 754 g/mol. The molecule has 0 amide bonds. The normalized spacial score (nSPS) is 40.7. The molecule has 298 valence electrons. The molecule has 1 aromatic heterocycles. The van der Waals surface area contributed by atoms with Crippen molar-refractivity contribution in [2.75, 3.05) is 37.6 Å². The van der Waals surface area contributed by atoms with Crippen LogP contribution in [0, 0.1) is 35.5 Å². The number of aromatic nitrogens is 2. The molecule has 0 spiro atoms. The van der Waals surface area contributed by atoms with Crippen LogP contribution in [-0.2, 0) is 33.3 Å². The van der Waals surface area contributed by atoms with E-state index in [0.29, 0.717) is 75.7 Å². The number of hydrogen-bond acceptors (Lipinski definition) is 14. The number of carbonyl (C=O) groups is 3. The smallest absolute Gasteiger partial charge is 0.320 e. The standard InChI is InChI=1S/C40H58N4O10/c1-4-25-7-5-8-32(54-34(46)21-43-13-15-44(16-14-43)40-41-11-6-12-42-40)22(2)35(47)31-19-29-27(30(31)20-33(45)52-25)10-9-24-17-26(18-28(24)29)53-39-38(50)37(49)36(48)23(3)51-39/h6,11-12,19,22-30,32,36-39,48-50H,4-5,7-10,13-18,20-21H2,1-3H3/t22?,23-,24?,25?,26?,27?,28?,29?,30?,32?,36-,37+,38+,39-/m0/s1. The molecular weight excluding hydrogens is 696 g/mol. The predicted octanol–water partition coefficient (Wildman–Crippen LogP) is 2.43. The number of ketones is 1. The number of ether oxygens (including phenoxy) is 4. The highest BCUT2D eigenvalue weighted by Crippen LogP contribution is 2.56. The Balaban J connectivity index is 1.04. The van der Waals surface area contributed by atoms with Gasteiger partial charge in [0.25, 0.3) is 0 Å². The number of fused-ring (bicyclic) bond motifs is 5. The molecule has 3 aliphatic carbocycles. The first-order valence-corrected chi connectivity index (χ1v) is 20.2. The lowest BCUT2D eigenvalue weighted by Gasteiger charge is -2.40. The summed E-state index contributed by atoms with van der Waals surface area (Å²) in [6, 6.07) is 1.79. The fraction of sp³-hybridized carbons (Fsp3) is 0.775. The summed E-state index contributed by atoms with van der Waals surface area (Å²) in [5.74, 6) is -0.139. The van der Waals surface area contributed by atoms with E-state index < -0.39 is 42.7 Å². The number of allylic oxidation sites excluding steroid dienone is 2. The number of aliphatic hydroxyl groups is 3. The van der Waals surface area contributed by atoms with Crippen molar-refractivity contribution in [2.24, 2.45) is 35.5 Å². The van der Waals surface area contributed by atoms with E-state index in [-0.39, 0.29) is 66.6 Å². The Kier molecular flexibility index (Phi) is 12.4. The first-order chi connectivity index (χ1) is 26.0. The van der Waals surface area contributed by atoms with Crippen molar-refractivity contribution in [3.8, 4) is 0 Å². The van der Waals surface area contributed by atoms with Gasteiger partial charge in [0.05, 0.1) is 31.1 Å². The van der Waals surface area contributed by atoms with Crippen LogP contribution in [0.25, 0.3) is 0 Å². The van der Waals surface area contributed by atoms with Crippen LogP contribution in [0.15, 0.2) is 30.1 Å². The van der Waals surface area contributed by atoms with Gasteiger partial charge in [-0.3, -0.25) is 19.3 Å². The Labute approximate surface area is 317 Å². The number of rotatable bonds is 7. The summed E-state index contributed by atoms with van der Waals surface area (Å²) >= 11 is 0. The van der Waals surface area contributed by atoms with Crippen molar-refractivity contribution in [1.29, 1.82) is 0 Å². The quantitative estimate of drug-likeness (QED) is 0.346. The molecule has 14 heteroatoms. The summed E-state index contributed by atoms with van der Waals surface area (Å²) in [5.41, 5.74) is 0.658. The molecule has 6 aliphatic rings. The van der Waals surface area contributed by atoms with Gasteiger partial charge in [-0.2, -0.15) is 0 Å². The van der Waals surface area contributed by atoms with E-state index in [2.05, 4.69) is 25.8 Å². The lowest BCUT2D eigenvalue weighted by molar-refractivity contribution is -0.303. The van der Waals surface area contributed by atoms with Gasteiger partial charge >= 0.3 is 11.9 Å². The van der Waals surface area contributed by atoms with Gasteiger partial charge in [0.15, 0.2) is 12.1 Å². The minimum atomic E-state index is -1.37. The van der Waals surface area contributed by atoms with Gasteiger partial charge in [-0.1, -0.05) is 19.9 Å². The first kappa shape index (κ1) is 39.2. The average molecular weight is 755 g/mol. The zero-order chi connectivity index (χ0) is 38.1. The van der Waals surface area contributed by atoms with Gasteiger partial charge in [-0.05, 0) is 93.6 Å². The number of anilines is 1. The van der Waals surface area contributed by atoms with E-state index in [4.69, 9.17) is 18.9 Å². The molecule has 3 saturated heterocycles. The predicted molar refractivity (Wildman–Crippen MR) is 195 cm³/mol. The van der Waals surface area contributed by atoms with Crippen molar-refractivity contribution in [3.05, 3.63) is 30.1 Å². The maximum absolute atomic E-state index is 14.6. The molecule has 3 N–H and O–H groups in total. The second kappa shape index (κ2) is 17.0. The van der Waals surface area contributed by atoms with Crippen LogP contribution in [0.3, 0.4) is 0 Å². The van der Waals surface area contributed by atoms with Crippen molar-refractivity contribution in [3.63, 3.8) is 0 Å². The van der Waals surface area contributed by atoms with Gasteiger partial charge in [0, 0.05) is 44.5 Å². The second-order valence-corrected chi connectivity index (χ2v) is 16.5. The number of cyclic esters (lactones) is 1. The van der Waals surface area contributed by atoms with Gasteiger partial charge in [0.2, 0.25) is 5.95 Å². The largest absolute Gasteiger partial charge is 0.462 e. The van der Waals surface area contributed by atoms with Crippen molar-refractivity contribution >= 4 is 23.7 Å². The van der Waals surface area contributed by atoms with Crippen LogP contribution in [0.4, 0.5) is 5.95 Å². The fourth-order valence-electron chi connectivity index (χ4n) is 10.2. The van der Waals surface area contributed by atoms with Crippen molar-refractivity contribution in [1.82, 2.24) is 14.9 Å². The first-order valence-electron chi connectivity index (χ1n) is 20.2. The van der Waals surface area contributed by atoms with Crippen LogP contribution in [-0.4, -0.2) is 130 Å². The number of hydrogen-bond donors (Lipinski definition) is 3. The third-order valence-electron chi connectivity index (χ3n) is 13.2. The van der Waals surface area contributed by atoms with Crippen LogP contribution in [0.1, 0.15) is 78.6 Å². The third-order valence-corrected chi connectivity index (χ3v) is 13.2. The number of Topliss-reactive ketones (excluding diaryl/α,β-unsaturated/α-hetero) is 1. The fourth-order valence-corrected chi connectivity index (χ4v) is 10.2. The van der Waals surface area contributed by atoms with E-state index in [1.54, 1.807) is 25.4 Å². The maximum Gasteiger partial charge on any atom is 0.320 e. The van der Waals surface area contributed by atoms with E-state index >= 15 is 0 Å². The van der Waals surface area contributed by atoms with Crippen LogP contribution in [0.2, 0.25) is 0 Å². The molecule has 4 heterocycles. The highest BCUT2D eigenvalue weighted by atomic mass is 16.7. The minimum Gasteiger partial charge on any atom is -0.462 e. The Morgan fingerprint density at radius 2 is 1.70 bits per heavy atom. The summed E-state index contributed by atoms with van der Waals surface area (Å²) in [6.45, 7) is 8.38. The molecule has 1 aromatic rings. The van der Waals surface area contributed by atoms with Gasteiger partial charge in [-0.15, -0.1) is 0 Å². The summed E-state index contributed by atoms with van der Waals surface area (Å²) in [7, 11) is 0. The number of piperazine rings is 1. The molecule has 3 aliphatic heterocycles. The third kappa shape index (κ3) is 8.39. The number of carbonyl (C=O) groups excluding carboxylic acids is 3. The van der Waals surface area contributed by atoms with E-state index in [9.17, 15) is 29.7 Å². The van der Waals surface area contributed by atoms with Gasteiger partial charge in [0.1, 0.15) is 30.5 Å².